The largest absolute Gasteiger partial charge is 0.416 e. The molecule has 2 aliphatic rings. The third-order valence-electron chi connectivity index (χ3n) is 6.53. The summed E-state index contributed by atoms with van der Waals surface area (Å²) in [5.74, 6) is -0.523. The monoisotopic (exact) mass is 552 g/mol. The molecule has 6 nitrogen and oxygen atoms in total. The normalized spacial score (nSPS) is 22.5. The summed E-state index contributed by atoms with van der Waals surface area (Å²) in [4.78, 5) is 28.6. The molecule has 1 unspecified atom stereocenters. The first-order chi connectivity index (χ1) is 17.5. The molecule has 37 heavy (non-hydrogen) atoms. The maximum atomic E-state index is 14.6. The highest BCUT2D eigenvalue weighted by atomic mass is 35.5. The van der Waals surface area contributed by atoms with Crippen LogP contribution in [0.2, 0.25) is 5.02 Å². The molecule has 194 valence electrons. The van der Waals surface area contributed by atoms with Gasteiger partial charge in [0.2, 0.25) is 0 Å². The number of benzene rings is 2. The zero-order valence-corrected chi connectivity index (χ0v) is 21.1. The molecular formula is C25H21ClF4N4O2S. The van der Waals surface area contributed by atoms with Crippen molar-refractivity contribution in [3.8, 4) is 0 Å². The highest BCUT2D eigenvalue weighted by Crippen LogP contribution is 2.37. The van der Waals surface area contributed by atoms with Crippen LogP contribution in [0.1, 0.15) is 23.1 Å². The number of rotatable bonds is 4. The topological polar surface area (TPSA) is 58.4 Å². The average Bonchev–Trinajstić information content (AvgIpc) is 3.34. The Hall–Kier alpha value is -2.89. The Kier molecular flexibility index (Phi) is 6.80. The number of nitrogens with zero attached hydrogens (tertiary/aromatic N) is 4. The Bertz CT molecular complexity index is 1420. The third-order valence-corrected chi connectivity index (χ3v) is 7.65. The number of alkyl halides is 4. The van der Waals surface area contributed by atoms with Crippen molar-refractivity contribution in [1.82, 2.24) is 19.6 Å². The fraction of sp³-hybridized carbons (Fsp3) is 0.320. The molecule has 0 N–H and O–H groups in total. The summed E-state index contributed by atoms with van der Waals surface area (Å²) < 4.78 is 56.5. The third kappa shape index (κ3) is 5.12. The van der Waals surface area contributed by atoms with Gasteiger partial charge in [-0.3, -0.25) is 19.2 Å². The maximum absolute atomic E-state index is 14.6. The van der Waals surface area contributed by atoms with E-state index in [4.69, 9.17) is 11.6 Å². The molecule has 2 saturated heterocycles. The Morgan fingerprint density at radius 3 is 2.70 bits per heavy atom. The molecule has 5 rings (SSSR count). The van der Waals surface area contributed by atoms with Crippen molar-refractivity contribution in [2.24, 2.45) is 0 Å². The minimum atomic E-state index is -4.56. The summed E-state index contributed by atoms with van der Waals surface area (Å²) in [5, 5.41) is 4.39. The van der Waals surface area contributed by atoms with Crippen LogP contribution in [0.4, 0.5) is 22.4 Å². The number of piperidine rings is 1. The fourth-order valence-electron chi connectivity index (χ4n) is 4.69. The van der Waals surface area contributed by atoms with Crippen molar-refractivity contribution in [3.05, 3.63) is 69.2 Å². The Labute approximate surface area is 218 Å². The summed E-state index contributed by atoms with van der Waals surface area (Å²) in [5.41, 5.74) is 0.413. The van der Waals surface area contributed by atoms with Crippen LogP contribution in [0.5, 0.6) is 0 Å². The lowest BCUT2D eigenvalue weighted by Crippen LogP contribution is -2.52. The standard InChI is InChI=1S/C25H21ClF4N4O2S/c1-32-7-6-21(19(27)13-32)34-23(35)22(37-24(34)36)9-14-2-5-20-16(8-14)11-31-33(20)12-15-3-4-17(26)10-18(15)25(28,29)30/h2-5,8-11,19,21H,6-7,12-13H2,1H3/t19-,21?/m0/s1. The van der Waals surface area contributed by atoms with Crippen LogP contribution < -0.4 is 0 Å². The first kappa shape index (κ1) is 25.7. The van der Waals surface area contributed by atoms with E-state index in [0.717, 1.165) is 22.7 Å². The van der Waals surface area contributed by atoms with Crippen molar-refractivity contribution in [1.29, 1.82) is 0 Å². The lowest BCUT2D eigenvalue weighted by molar-refractivity contribution is -0.138. The molecule has 3 heterocycles. The predicted molar refractivity (Wildman–Crippen MR) is 134 cm³/mol. The van der Waals surface area contributed by atoms with Crippen molar-refractivity contribution >= 4 is 51.5 Å². The zero-order chi connectivity index (χ0) is 26.5. The van der Waals surface area contributed by atoms with E-state index in [9.17, 15) is 27.2 Å². The molecule has 2 aromatic carbocycles. The van der Waals surface area contributed by atoms with E-state index < -0.39 is 35.1 Å². The highest BCUT2D eigenvalue weighted by molar-refractivity contribution is 8.18. The molecule has 0 spiro atoms. The first-order valence-corrected chi connectivity index (χ1v) is 12.6. The Morgan fingerprint density at radius 1 is 1.19 bits per heavy atom. The van der Waals surface area contributed by atoms with E-state index in [1.807, 2.05) is 4.90 Å². The van der Waals surface area contributed by atoms with Crippen LogP contribution in [0.3, 0.4) is 0 Å². The van der Waals surface area contributed by atoms with Crippen LogP contribution in [0, 0.1) is 0 Å². The quantitative estimate of drug-likeness (QED) is 0.301. The van der Waals surface area contributed by atoms with Gasteiger partial charge in [-0.25, -0.2) is 4.39 Å². The summed E-state index contributed by atoms with van der Waals surface area (Å²) in [7, 11) is 1.79. The molecule has 3 aromatic rings. The molecule has 2 atom stereocenters. The van der Waals surface area contributed by atoms with Gasteiger partial charge in [0.15, 0.2) is 0 Å². The molecule has 1 aromatic heterocycles. The number of thioether (sulfide) groups is 1. The second-order valence-electron chi connectivity index (χ2n) is 9.11. The van der Waals surface area contributed by atoms with E-state index in [-0.39, 0.29) is 28.6 Å². The number of fused-ring (bicyclic) bond motifs is 1. The van der Waals surface area contributed by atoms with Crippen molar-refractivity contribution < 1.29 is 27.2 Å². The van der Waals surface area contributed by atoms with Crippen molar-refractivity contribution in [2.45, 2.75) is 31.4 Å². The van der Waals surface area contributed by atoms with E-state index in [0.29, 0.717) is 29.4 Å². The number of hydrogen-bond donors (Lipinski definition) is 0. The first-order valence-electron chi connectivity index (χ1n) is 11.4. The highest BCUT2D eigenvalue weighted by Gasteiger charge is 2.44. The van der Waals surface area contributed by atoms with Gasteiger partial charge in [0.25, 0.3) is 11.1 Å². The fourth-order valence-corrected chi connectivity index (χ4v) is 5.74. The number of hydrogen-bond acceptors (Lipinski definition) is 5. The SMILES string of the molecule is CN1CCC(N2C(=O)SC(=Cc3ccc4c(cnn4Cc4ccc(Cl)cc4C(F)(F)F)c3)C2=O)[C@@H](F)C1. The van der Waals surface area contributed by atoms with Crippen LogP contribution in [0.25, 0.3) is 17.0 Å². The number of halogens is 5. The van der Waals surface area contributed by atoms with E-state index in [1.54, 1.807) is 31.3 Å². The van der Waals surface area contributed by atoms with Crippen LogP contribution in [-0.2, 0) is 17.5 Å². The van der Waals surface area contributed by atoms with Gasteiger partial charge >= 0.3 is 6.18 Å². The molecule has 2 fully saturated rings. The van der Waals surface area contributed by atoms with Gasteiger partial charge < -0.3 is 4.90 Å². The maximum Gasteiger partial charge on any atom is 0.416 e. The zero-order valence-electron chi connectivity index (χ0n) is 19.5. The number of carbonyl (C=O) groups excluding carboxylic acids is 2. The minimum Gasteiger partial charge on any atom is -0.303 e. The number of amides is 2. The summed E-state index contributed by atoms with van der Waals surface area (Å²) in [6, 6.07) is 7.95. The van der Waals surface area contributed by atoms with E-state index in [1.165, 1.54) is 23.0 Å². The molecule has 2 amide bonds. The number of likely N-dealkylation sites (tertiary alicyclic amines) is 1. The van der Waals surface area contributed by atoms with Gasteiger partial charge in [-0.05, 0) is 66.7 Å². The van der Waals surface area contributed by atoms with Crippen LogP contribution in [-0.4, -0.2) is 63.1 Å². The lowest BCUT2D eigenvalue weighted by Gasteiger charge is -2.36. The summed E-state index contributed by atoms with van der Waals surface area (Å²) in [6.45, 7) is 0.633. The number of aromatic nitrogens is 2. The van der Waals surface area contributed by atoms with E-state index in [2.05, 4.69) is 5.10 Å². The molecule has 0 radical (unpaired) electrons. The lowest BCUT2D eigenvalue weighted by atomic mass is 10.0. The van der Waals surface area contributed by atoms with Gasteiger partial charge in [0.1, 0.15) is 6.17 Å². The molecule has 2 aliphatic heterocycles. The van der Waals surface area contributed by atoms with Crippen LogP contribution >= 0.6 is 23.4 Å². The Balaban J connectivity index is 1.39. The van der Waals surface area contributed by atoms with Gasteiger partial charge in [-0.15, -0.1) is 0 Å². The van der Waals surface area contributed by atoms with Crippen LogP contribution in [0.15, 0.2) is 47.5 Å². The average molecular weight is 553 g/mol. The van der Waals surface area contributed by atoms with Gasteiger partial charge in [-0.1, -0.05) is 23.7 Å². The molecule has 0 aliphatic carbocycles. The number of imide groups is 1. The second-order valence-corrected chi connectivity index (χ2v) is 10.5. The second kappa shape index (κ2) is 9.77. The van der Waals surface area contributed by atoms with Gasteiger partial charge in [0, 0.05) is 23.5 Å². The smallest absolute Gasteiger partial charge is 0.303 e. The van der Waals surface area contributed by atoms with Crippen molar-refractivity contribution in [2.75, 3.05) is 20.1 Å². The van der Waals surface area contributed by atoms with E-state index >= 15 is 0 Å². The number of carbonyl (C=O) groups is 2. The molecular weight excluding hydrogens is 532 g/mol. The summed E-state index contributed by atoms with van der Waals surface area (Å²) >= 11 is 6.54. The van der Waals surface area contributed by atoms with Crippen molar-refractivity contribution in [3.63, 3.8) is 0 Å². The minimum absolute atomic E-state index is 0.00619. The Morgan fingerprint density at radius 2 is 1.97 bits per heavy atom. The molecule has 12 heteroatoms. The predicted octanol–water partition coefficient (Wildman–Crippen LogP) is 5.84. The molecule has 0 bridgehead atoms. The van der Waals surface area contributed by atoms with Gasteiger partial charge in [0.05, 0.1) is 34.8 Å². The molecule has 0 saturated carbocycles. The summed E-state index contributed by atoms with van der Waals surface area (Å²) in [6.07, 6.45) is -2.42. The van der Waals surface area contributed by atoms with Gasteiger partial charge in [-0.2, -0.15) is 18.3 Å².